The topological polar surface area (TPSA) is 75.6 Å². The predicted molar refractivity (Wildman–Crippen MR) is 75.7 cm³/mol. The van der Waals surface area contributed by atoms with Gasteiger partial charge in [0.1, 0.15) is 11.6 Å². The van der Waals surface area contributed by atoms with Crippen molar-refractivity contribution in [3.8, 4) is 0 Å². The Labute approximate surface area is 115 Å². The third-order valence-corrected chi connectivity index (χ3v) is 3.62. The molecule has 0 aliphatic heterocycles. The van der Waals surface area contributed by atoms with Crippen LogP contribution in [0, 0.1) is 0 Å². The van der Waals surface area contributed by atoms with Gasteiger partial charge in [-0.1, -0.05) is 27.7 Å². The van der Waals surface area contributed by atoms with Crippen molar-refractivity contribution in [1.82, 2.24) is 5.32 Å². The van der Waals surface area contributed by atoms with Crippen molar-refractivity contribution in [2.75, 3.05) is 5.75 Å². The number of carboxylic acids is 1. The average molecular weight is 293 g/mol. The van der Waals surface area contributed by atoms with Crippen molar-refractivity contribution in [3.63, 3.8) is 0 Å². The van der Waals surface area contributed by atoms with Crippen LogP contribution in [-0.4, -0.2) is 34.6 Å². The van der Waals surface area contributed by atoms with Gasteiger partial charge >= 0.3 is 12.1 Å². The maximum atomic E-state index is 11.4. The van der Waals surface area contributed by atoms with Crippen LogP contribution >= 0.6 is 21.6 Å². The highest BCUT2D eigenvalue weighted by molar-refractivity contribution is 8.77. The van der Waals surface area contributed by atoms with Crippen molar-refractivity contribution in [2.24, 2.45) is 0 Å². The number of alkyl carbamates (subject to hydrolysis) is 1. The van der Waals surface area contributed by atoms with Gasteiger partial charge in [-0.25, -0.2) is 9.59 Å². The van der Waals surface area contributed by atoms with Crippen LogP contribution in [0.4, 0.5) is 4.79 Å². The number of nitrogens with one attached hydrogen (secondary N) is 1. The third-order valence-electron chi connectivity index (χ3n) is 1.48. The van der Waals surface area contributed by atoms with E-state index in [4.69, 9.17) is 9.84 Å². The number of carbonyl (C=O) groups is 2. The molecule has 2 N–H and O–H groups in total. The molecule has 7 heteroatoms. The second kappa shape index (κ2) is 8.31. The van der Waals surface area contributed by atoms with Crippen LogP contribution in [0.25, 0.3) is 0 Å². The Morgan fingerprint density at radius 2 is 2.06 bits per heavy atom. The van der Waals surface area contributed by atoms with Crippen LogP contribution in [0.2, 0.25) is 0 Å². The number of allylic oxidation sites excluding steroid dienone is 1. The van der Waals surface area contributed by atoms with Gasteiger partial charge in [0.25, 0.3) is 0 Å². The van der Waals surface area contributed by atoms with Crippen LogP contribution in [0.15, 0.2) is 11.5 Å². The second-order valence-electron chi connectivity index (χ2n) is 4.39. The molecular formula is C11H19NO4S2. The first-order chi connectivity index (χ1) is 8.26. The van der Waals surface area contributed by atoms with Crippen molar-refractivity contribution < 1.29 is 19.4 Å². The summed E-state index contributed by atoms with van der Waals surface area (Å²) in [4.78, 5) is 22.4. The monoisotopic (exact) mass is 293 g/mol. The summed E-state index contributed by atoms with van der Waals surface area (Å²) < 4.78 is 5.00. The normalized spacial score (nSPS) is 13.3. The maximum absolute atomic E-state index is 11.4. The number of carbonyl (C=O) groups excluding carboxylic acids is 1. The lowest BCUT2D eigenvalue weighted by Crippen LogP contribution is -2.44. The molecule has 1 atom stereocenters. The fraction of sp³-hybridized carbons (Fsp3) is 0.636. The minimum absolute atomic E-state index is 0.267. The first-order valence-electron chi connectivity index (χ1n) is 5.38. The number of rotatable bonds is 6. The van der Waals surface area contributed by atoms with Gasteiger partial charge in [-0.15, -0.1) is 0 Å². The standard InChI is InChI=1S/C11H19NO4S2/c1-5-6-17-18-7-8(9(13)14)12-10(15)16-11(2,3)4/h5-6,8H,7H2,1-4H3,(H,12,15)(H,13,14). The van der Waals surface area contributed by atoms with E-state index < -0.39 is 23.7 Å². The highest BCUT2D eigenvalue weighted by Gasteiger charge is 2.23. The molecular weight excluding hydrogens is 274 g/mol. The van der Waals surface area contributed by atoms with Crippen LogP contribution < -0.4 is 5.32 Å². The molecule has 104 valence electrons. The van der Waals surface area contributed by atoms with Gasteiger partial charge in [0.2, 0.25) is 0 Å². The number of ether oxygens (including phenoxy) is 1. The van der Waals surface area contributed by atoms with E-state index in [1.54, 1.807) is 20.8 Å². The van der Waals surface area contributed by atoms with E-state index in [1.165, 1.54) is 21.6 Å². The van der Waals surface area contributed by atoms with Crippen molar-refractivity contribution in [1.29, 1.82) is 0 Å². The quantitative estimate of drug-likeness (QED) is 0.579. The molecule has 0 aromatic carbocycles. The van der Waals surface area contributed by atoms with Gasteiger partial charge in [0, 0.05) is 5.75 Å². The van der Waals surface area contributed by atoms with Crippen LogP contribution in [0.3, 0.4) is 0 Å². The van der Waals surface area contributed by atoms with Crippen LogP contribution in [-0.2, 0) is 9.53 Å². The lowest BCUT2D eigenvalue weighted by Gasteiger charge is -2.21. The van der Waals surface area contributed by atoms with Crippen LogP contribution in [0.5, 0.6) is 0 Å². The lowest BCUT2D eigenvalue weighted by molar-refractivity contribution is -0.138. The Bertz CT molecular complexity index is 313. The number of carboxylic acid groups (broad SMARTS) is 1. The number of aliphatic carboxylic acids is 1. The van der Waals surface area contributed by atoms with Gasteiger partial charge in [-0.3, -0.25) is 0 Å². The number of amides is 1. The molecule has 5 nitrogen and oxygen atoms in total. The summed E-state index contributed by atoms with van der Waals surface area (Å²) in [6.45, 7) is 7.04. The molecule has 0 spiro atoms. The van der Waals surface area contributed by atoms with E-state index in [2.05, 4.69) is 5.32 Å². The number of hydrogen-bond donors (Lipinski definition) is 2. The Kier molecular flexibility index (Phi) is 7.93. The zero-order valence-corrected chi connectivity index (χ0v) is 12.6. The predicted octanol–water partition coefficient (Wildman–Crippen LogP) is 2.88. The van der Waals surface area contributed by atoms with Gasteiger partial charge < -0.3 is 15.2 Å². The first kappa shape index (κ1) is 17.2. The molecule has 0 aliphatic rings. The number of hydrogen-bond acceptors (Lipinski definition) is 5. The Morgan fingerprint density at radius 3 is 2.50 bits per heavy atom. The largest absolute Gasteiger partial charge is 0.480 e. The molecule has 0 aromatic heterocycles. The van der Waals surface area contributed by atoms with Crippen molar-refractivity contribution >= 4 is 33.7 Å². The Hall–Kier alpha value is -0.820. The fourth-order valence-corrected chi connectivity index (χ4v) is 2.67. The average Bonchev–Trinajstić information content (AvgIpc) is 2.19. The SMILES string of the molecule is CC=CSSCC(NC(=O)OC(C)(C)C)C(=O)O. The third kappa shape index (κ3) is 9.23. The molecule has 0 saturated carbocycles. The first-order valence-corrected chi connectivity index (χ1v) is 7.76. The molecule has 0 saturated heterocycles. The summed E-state index contributed by atoms with van der Waals surface area (Å²) >= 11 is 0. The van der Waals surface area contributed by atoms with Gasteiger partial charge in [-0.05, 0) is 33.1 Å². The molecule has 1 amide bonds. The summed E-state index contributed by atoms with van der Waals surface area (Å²) in [5.41, 5.74) is -0.639. The fourth-order valence-electron chi connectivity index (χ4n) is 0.827. The van der Waals surface area contributed by atoms with Gasteiger partial charge in [0.05, 0.1) is 0 Å². The molecule has 0 fully saturated rings. The van der Waals surface area contributed by atoms with Crippen LogP contribution in [0.1, 0.15) is 27.7 Å². The zero-order chi connectivity index (χ0) is 14.2. The van der Waals surface area contributed by atoms with E-state index in [0.717, 1.165) is 0 Å². The molecule has 0 aliphatic carbocycles. The van der Waals surface area contributed by atoms with Gasteiger partial charge in [-0.2, -0.15) is 0 Å². The molecule has 0 aromatic rings. The second-order valence-corrected chi connectivity index (χ2v) is 6.71. The molecule has 0 radical (unpaired) electrons. The summed E-state index contributed by atoms with van der Waals surface area (Å²) in [5, 5.41) is 13.1. The Morgan fingerprint density at radius 1 is 1.44 bits per heavy atom. The minimum atomic E-state index is -1.07. The smallest absolute Gasteiger partial charge is 0.408 e. The van der Waals surface area contributed by atoms with Gasteiger partial charge in [0.15, 0.2) is 0 Å². The van der Waals surface area contributed by atoms with E-state index in [1.807, 2.05) is 18.4 Å². The molecule has 1 unspecified atom stereocenters. The molecule has 18 heavy (non-hydrogen) atoms. The molecule has 0 heterocycles. The Balaban J connectivity index is 4.19. The lowest BCUT2D eigenvalue weighted by atomic mass is 10.2. The van der Waals surface area contributed by atoms with E-state index >= 15 is 0 Å². The summed E-state index contributed by atoms with van der Waals surface area (Å²) in [5.74, 6) is -0.807. The maximum Gasteiger partial charge on any atom is 0.408 e. The summed E-state index contributed by atoms with van der Waals surface area (Å²) in [7, 11) is 2.77. The zero-order valence-electron chi connectivity index (χ0n) is 10.9. The molecule has 0 rings (SSSR count). The minimum Gasteiger partial charge on any atom is -0.480 e. The van der Waals surface area contributed by atoms with E-state index in [-0.39, 0.29) is 5.75 Å². The van der Waals surface area contributed by atoms with Crippen molar-refractivity contribution in [2.45, 2.75) is 39.3 Å². The highest BCUT2D eigenvalue weighted by atomic mass is 33.1. The molecule has 0 bridgehead atoms. The van der Waals surface area contributed by atoms with E-state index in [9.17, 15) is 9.59 Å². The highest BCUT2D eigenvalue weighted by Crippen LogP contribution is 2.23. The van der Waals surface area contributed by atoms with Crippen molar-refractivity contribution in [3.05, 3.63) is 11.5 Å². The van der Waals surface area contributed by atoms with E-state index in [0.29, 0.717) is 0 Å². The summed E-state index contributed by atoms with van der Waals surface area (Å²) in [6, 6.07) is -0.956. The summed E-state index contributed by atoms with van der Waals surface area (Å²) in [6.07, 6.45) is 1.14.